The van der Waals surface area contributed by atoms with Gasteiger partial charge in [0.25, 0.3) is 0 Å². The van der Waals surface area contributed by atoms with E-state index in [0.717, 1.165) is 11.3 Å². The Morgan fingerprint density at radius 2 is 1.90 bits per heavy atom. The third kappa shape index (κ3) is 1.92. The smallest absolute Gasteiger partial charge is 0.347 e. The summed E-state index contributed by atoms with van der Waals surface area (Å²) in [6.07, 6.45) is -0.481. The van der Waals surface area contributed by atoms with Crippen molar-refractivity contribution in [2.24, 2.45) is 5.92 Å². The number of aryl methyl sites for hydroxylation is 1. The van der Waals surface area contributed by atoms with E-state index in [1.165, 1.54) is 11.1 Å². The quantitative estimate of drug-likeness (QED) is 0.753. The SMILES string of the molecule is Cc1ccc2c(c1)C(c1ccccc1)C1COC(=O)C1O2. The van der Waals surface area contributed by atoms with E-state index in [-0.39, 0.29) is 17.8 Å². The maximum Gasteiger partial charge on any atom is 0.347 e. The Hall–Kier alpha value is -2.29. The van der Waals surface area contributed by atoms with E-state index in [0.29, 0.717) is 6.61 Å². The Labute approximate surface area is 123 Å². The van der Waals surface area contributed by atoms with Crippen LogP contribution in [0.15, 0.2) is 48.5 Å². The molecular formula is C18H16O3. The number of rotatable bonds is 1. The number of hydrogen-bond acceptors (Lipinski definition) is 3. The third-order valence-corrected chi connectivity index (χ3v) is 4.38. The second kappa shape index (κ2) is 4.62. The summed E-state index contributed by atoms with van der Waals surface area (Å²) >= 11 is 0. The number of fused-ring (bicyclic) bond motifs is 2. The van der Waals surface area contributed by atoms with E-state index >= 15 is 0 Å². The van der Waals surface area contributed by atoms with Crippen molar-refractivity contribution in [2.45, 2.75) is 18.9 Å². The van der Waals surface area contributed by atoms with Crippen molar-refractivity contribution >= 4 is 5.97 Å². The van der Waals surface area contributed by atoms with Gasteiger partial charge in [0.15, 0.2) is 0 Å². The van der Waals surface area contributed by atoms with E-state index < -0.39 is 6.10 Å². The first-order valence-corrected chi connectivity index (χ1v) is 7.23. The number of esters is 1. The van der Waals surface area contributed by atoms with Crippen LogP contribution in [-0.4, -0.2) is 18.7 Å². The number of cyclic esters (lactones) is 1. The highest BCUT2D eigenvalue weighted by atomic mass is 16.6. The van der Waals surface area contributed by atoms with Crippen LogP contribution in [0.2, 0.25) is 0 Å². The molecule has 3 unspecified atom stereocenters. The van der Waals surface area contributed by atoms with Gasteiger partial charge in [-0.3, -0.25) is 0 Å². The van der Waals surface area contributed by atoms with Crippen molar-refractivity contribution in [3.05, 3.63) is 65.2 Å². The molecule has 3 nitrogen and oxygen atoms in total. The summed E-state index contributed by atoms with van der Waals surface area (Å²) in [7, 11) is 0. The lowest BCUT2D eigenvalue weighted by Gasteiger charge is -2.33. The molecule has 3 heteroatoms. The fourth-order valence-electron chi connectivity index (χ4n) is 3.40. The zero-order valence-electron chi connectivity index (χ0n) is 11.8. The van der Waals surface area contributed by atoms with Crippen molar-refractivity contribution in [3.8, 4) is 5.75 Å². The molecule has 1 fully saturated rings. The standard InChI is InChI=1S/C18H16O3/c1-11-7-8-15-13(9-11)16(12-5-3-2-4-6-12)14-10-20-18(19)17(14)21-15/h2-9,14,16-17H,10H2,1H3. The Kier molecular flexibility index (Phi) is 2.74. The third-order valence-electron chi connectivity index (χ3n) is 4.38. The van der Waals surface area contributed by atoms with Gasteiger partial charge in [0.05, 0.1) is 12.5 Å². The number of carbonyl (C=O) groups is 1. The van der Waals surface area contributed by atoms with Gasteiger partial charge in [-0.25, -0.2) is 4.79 Å². The molecule has 0 spiro atoms. The van der Waals surface area contributed by atoms with Gasteiger partial charge in [0, 0.05) is 11.5 Å². The largest absolute Gasteiger partial charge is 0.478 e. The van der Waals surface area contributed by atoms with Crippen LogP contribution in [0, 0.1) is 12.8 Å². The minimum Gasteiger partial charge on any atom is -0.478 e. The predicted octanol–water partition coefficient (Wildman–Crippen LogP) is 3.06. The van der Waals surface area contributed by atoms with E-state index in [9.17, 15) is 4.79 Å². The average Bonchev–Trinajstić information content (AvgIpc) is 2.87. The average molecular weight is 280 g/mol. The van der Waals surface area contributed by atoms with E-state index in [1.807, 2.05) is 30.3 Å². The molecule has 2 heterocycles. The molecule has 2 aromatic rings. The molecule has 3 atom stereocenters. The van der Waals surface area contributed by atoms with Crippen molar-refractivity contribution in [1.29, 1.82) is 0 Å². The van der Waals surface area contributed by atoms with Gasteiger partial charge in [0.1, 0.15) is 5.75 Å². The van der Waals surface area contributed by atoms with Gasteiger partial charge in [0.2, 0.25) is 6.10 Å². The molecule has 0 aromatic heterocycles. The first-order valence-electron chi connectivity index (χ1n) is 7.23. The molecule has 4 rings (SSSR count). The Bertz CT molecular complexity index is 693. The molecular weight excluding hydrogens is 264 g/mol. The zero-order valence-corrected chi connectivity index (χ0v) is 11.8. The highest BCUT2D eigenvalue weighted by Crippen LogP contribution is 2.46. The summed E-state index contributed by atoms with van der Waals surface area (Å²) in [5.74, 6) is 0.752. The maximum atomic E-state index is 11.9. The summed E-state index contributed by atoms with van der Waals surface area (Å²) in [6.45, 7) is 2.50. The first kappa shape index (κ1) is 12.5. The molecule has 0 saturated carbocycles. The number of carbonyl (C=O) groups excluding carboxylic acids is 1. The van der Waals surface area contributed by atoms with Crippen LogP contribution in [-0.2, 0) is 9.53 Å². The van der Waals surface area contributed by atoms with Crippen molar-refractivity contribution in [1.82, 2.24) is 0 Å². The monoisotopic (exact) mass is 280 g/mol. The Balaban J connectivity index is 1.89. The van der Waals surface area contributed by atoms with E-state index in [4.69, 9.17) is 9.47 Å². The van der Waals surface area contributed by atoms with Crippen molar-refractivity contribution in [3.63, 3.8) is 0 Å². The second-order valence-electron chi connectivity index (χ2n) is 5.76. The topological polar surface area (TPSA) is 35.5 Å². The molecule has 0 amide bonds. The molecule has 21 heavy (non-hydrogen) atoms. The van der Waals surface area contributed by atoms with Gasteiger partial charge in [-0.1, -0.05) is 48.0 Å². The molecule has 0 aliphatic carbocycles. The van der Waals surface area contributed by atoms with E-state index in [1.54, 1.807) is 0 Å². The molecule has 1 saturated heterocycles. The van der Waals surface area contributed by atoms with Gasteiger partial charge in [-0.15, -0.1) is 0 Å². The van der Waals surface area contributed by atoms with Crippen LogP contribution in [0.5, 0.6) is 5.75 Å². The molecule has 2 aromatic carbocycles. The Morgan fingerprint density at radius 3 is 2.71 bits per heavy atom. The van der Waals surface area contributed by atoms with Gasteiger partial charge in [-0.2, -0.15) is 0 Å². The van der Waals surface area contributed by atoms with Crippen molar-refractivity contribution in [2.75, 3.05) is 6.61 Å². The Morgan fingerprint density at radius 1 is 1.10 bits per heavy atom. The highest BCUT2D eigenvalue weighted by molar-refractivity contribution is 5.79. The molecule has 2 aliphatic heterocycles. The van der Waals surface area contributed by atoms with Crippen molar-refractivity contribution < 1.29 is 14.3 Å². The zero-order chi connectivity index (χ0) is 14.4. The summed E-state index contributed by atoms with van der Waals surface area (Å²) in [5.41, 5.74) is 3.56. The summed E-state index contributed by atoms with van der Waals surface area (Å²) < 4.78 is 11.1. The summed E-state index contributed by atoms with van der Waals surface area (Å²) in [4.78, 5) is 11.9. The van der Waals surface area contributed by atoms with Crippen LogP contribution in [0.1, 0.15) is 22.6 Å². The van der Waals surface area contributed by atoms with Crippen LogP contribution < -0.4 is 4.74 Å². The molecule has 0 bridgehead atoms. The normalized spacial score (nSPS) is 26.5. The number of ether oxygens (including phenoxy) is 2. The number of benzene rings is 2. The van der Waals surface area contributed by atoms with Gasteiger partial charge in [-0.05, 0) is 18.6 Å². The fourth-order valence-corrected chi connectivity index (χ4v) is 3.40. The van der Waals surface area contributed by atoms with Crippen LogP contribution >= 0.6 is 0 Å². The second-order valence-corrected chi connectivity index (χ2v) is 5.76. The lowest BCUT2D eigenvalue weighted by molar-refractivity contribution is -0.143. The molecule has 0 N–H and O–H groups in total. The van der Waals surface area contributed by atoms with Gasteiger partial charge < -0.3 is 9.47 Å². The summed E-state index contributed by atoms with van der Waals surface area (Å²) in [5, 5.41) is 0. The fraction of sp³-hybridized carbons (Fsp3) is 0.278. The number of hydrogen-bond donors (Lipinski definition) is 0. The van der Waals surface area contributed by atoms with Crippen LogP contribution in [0.25, 0.3) is 0 Å². The van der Waals surface area contributed by atoms with Crippen LogP contribution in [0.3, 0.4) is 0 Å². The first-order chi connectivity index (χ1) is 10.2. The van der Waals surface area contributed by atoms with Gasteiger partial charge >= 0.3 is 5.97 Å². The minimum absolute atomic E-state index is 0.0502. The highest BCUT2D eigenvalue weighted by Gasteiger charge is 2.48. The lowest BCUT2D eigenvalue weighted by atomic mass is 9.76. The van der Waals surface area contributed by atoms with E-state index in [2.05, 4.69) is 25.1 Å². The maximum absolute atomic E-state index is 11.9. The molecule has 106 valence electrons. The summed E-state index contributed by atoms with van der Waals surface area (Å²) in [6, 6.07) is 16.4. The van der Waals surface area contributed by atoms with Crippen LogP contribution in [0.4, 0.5) is 0 Å². The minimum atomic E-state index is -0.481. The molecule has 2 aliphatic rings. The lowest BCUT2D eigenvalue weighted by Crippen LogP contribution is -2.37. The molecule has 0 radical (unpaired) electrons. The predicted molar refractivity (Wildman–Crippen MR) is 78.3 cm³/mol.